The molecule has 16 heavy (non-hydrogen) atoms. The van der Waals surface area contributed by atoms with Crippen LogP contribution >= 0.6 is 11.3 Å². The van der Waals surface area contributed by atoms with Gasteiger partial charge in [0.05, 0.1) is 0 Å². The van der Waals surface area contributed by atoms with Gasteiger partial charge in [0.15, 0.2) is 5.13 Å². The lowest BCUT2D eigenvalue weighted by molar-refractivity contribution is -0.111. The fourth-order valence-corrected chi connectivity index (χ4v) is 1.61. The topological polar surface area (TPSA) is 54.9 Å². The smallest absolute Gasteiger partial charge is 0.250 e. The van der Waals surface area contributed by atoms with Gasteiger partial charge in [0, 0.05) is 30.0 Å². The zero-order valence-electron chi connectivity index (χ0n) is 8.33. The minimum atomic E-state index is -0.196. The SMILES string of the molecule is O=C(C=Cc1cccnc1)Nc1nccs1. The molecule has 0 bridgehead atoms. The van der Waals surface area contributed by atoms with E-state index in [1.54, 1.807) is 30.0 Å². The molecule has 0 spiro atoms. The summed E-state index contributed by atoms with van der Waals surface area (Å²) >= 11 is 1.38. The maximum absolute atomic E-state index is 11.4. The second-order valence-corrected chi connectivity index (χ2v) is 3.84. The van der Waals surface area contributed by atoms with Gasteiger partial charge in [-0.25, -0.2) is 4.98 Å². The highest BCUT2D eigenvalue weighted by Crippen LogP contribution is 2.10. The summed E-state index contributed by atoms with van der Waals surface area (Å²) in [5, 5.41) is 5.06. The van der Waals surface area contributed by atoms with Gasteiger partial charge in [-0.05, 0) is 17.7 Å². The molecule has 1 N–H and O–H groups in total. The number of amides is 1. The van der Waals surface area contributed by atoms with Crippen molar-refractivity contribution >= 4 is 28.5 Å². The van der Waals surface area contributed by atoms with Gasteiger partial charge >= 0.3 is 0 Å². The molecule has 0 aliphatic carbocycles. The lowest BCUT2D eigenvalue weighted by Gasteiger charge is -1.95. The van der Waals surface area contributed by atoms with Gasteiger partial charge in [-0.2, -0.15) is 0 Å². The monoisotopic (exact) mass is 231 g/mol. The molecule has 2 heterocycles. The minimum Gasteiger partial charge on any atom is -0.298 e. The lowest BCUT2D eigenvalue weighted by atomic mass is 10.2. The van der Waals surface area contributed by atoms with Gasteiger partial charge < -0.3 is 0 Å². The second kappa shape index (κ2) is 5.18. The van der Waals surface area contributed by atoms with Crippen LogP contribution in [0.5, 0.6) is 0 Å². The Morgan fingerprint density at radius 3 is 3.06 bits per heavy atom. The summed E-state index contributed by atoms with van der Waals surface area (Å²) in [6.45, 7) is 0. The number of anilines is 1. The fraction of sp³-hybridized carbons (Fsp3) is 0. The second-order valence-electron chi connectivity index (χ2n) is 2.95. The molecule has 0 fully saturated rings. The molecule has 0 aliphatic heterocycles. The summed E-state index contributed by atoms with van der Waals surface area (Å²) in [5.74, 6) is -0.196. The summed E-state index contributed by atoms with van der Waals surface area (Å²) in [5.41, 5.74) is 0.886. The number of hydrogen-bond donors (Lipinski definition) is 1. The molecule has 0 radical (unpaired) electrons. The van der Waals surface area contributed by atoms with E-state index in [2.05, 4.69) is 15.3 Å². The van der Waals surface area contributed by atoms with Crippen LogP contribution in [0.3, 0.4) is 0 Å². The molecule has 0 aromatic carbocycles. The molecule has 80 valence electrons. The van der Waals surface area contributed by atoms with Crippen molar-refractivity contribution < 1.29 is 4.79 Å². The number of aromatic nitrogens is 2. The third kappa shape index (κ3) is 2.99. The molecule has 2 aromatic rings. The first-order chi connectivity index (χ1) is 7.84. The van der Waals surface area contributed by atoms with Crippen molar-refractivity contribution in [3.8, 4) is 0 Å². The van der Waals surface area contributed by atoms with Crippen molar-refractivity contribution in [1.29, 1.82) is 0 Å². The van der Waals surface area contributed by atoms with Crippen LogP contribution in [0, 0.1) is 0 Å². The van der Waals surface area contributed by atoms with Crippen LogP contribution in [0.15, 0.2) is 42.2 Å². The van der Waals surface area contributed by atoms with E-state index >= 15 is 0 Å². The fourth-order valence-electron chi connectivity index (χ4n) is 1.08. The number of carbonyl (C=O) groups excluding carboxylic acids is 1. The summed E-state index contributed by atoms with van der Waals surface area (Å²) < 4.78 is 0. The predicted molar refractivity (Wildman–Crippen MR) is 64.0 cm³/mol. The molecular formula is C11H9N3OS. The van der Waals surface area contributed by atoms with Crippen molar-refractivity contribution in [1.82, 2.24) is 9.97 Å². The van der Waals surface area contributed by atoms with Gasteiger partial charge in [0.2, 0.25) is 5.91 Å². The third-order valence-electron chi connectivity index (χ3n) is 1.77. The van der Waals surface area contributed by atoms with E-state index in [9.17, 15) is 4.79 Å². The van der Waals surface area contributed by atoms with Crippen molar-refractivity contribution in [2.75, 3.05) is 5.32 Å². The number of thiazole rings is 1. The molecule has 0 saturated carbocycles. The molecular weight excluding hydrogens is 222 g/mol. The molecule has 5 heteroatoms. The maximum Gasteiger partial charge on any atom is 0.250 e. The Kier molecular flexibility index (Phi) is 3.40. The van der Waals surface area contributed by atoms with Crippen LogP contribution in [-0.4, -0.2) is 15.9 Å². The highest BCUT2D eigenvalue weighted by Gasteiger charge is 1.98. The Bertz CT molecular complexity index is 479. The summed E-state index contributed by atoms with van der Waals surface area (Å²) in [6.07, 6.45) is 8.18. The van der Waals surface area contributed by atoms with E-state index in [4.69, 9.17) is 0 Å². The van der Waals surface area contributed by atoms with E-state index in [0.29, 0.717) is 5.13 Å². The Balaban J connectivity index is 1.95. The van der Waals surface area contributed by atoms with Crippen LogP contribution in [0.25, 0.3) is 6.08 Å². The minimum absolute atomic E-state index is 0.196. The van der Waals surface area contributed by atoms with Crippen molar-refractivity contribution in [3.63, 3.8) is 0 Å². The van der Waals surface area contributed by atoms with Gasteiger partial charge in [-0.3, -0.25) is 15.1 Å². The molecule has 1 amide bonds. The van der Waals surface area contributed by atoms with E-state index in [0.717, 1.165) is 5.56 Å². The zero-order valence-corrected chi connectivity index (χ0v) is 9.15. The van der Waals surface area contributed by atoms with Gasteiger partial charge in [0.1, 0.15) is 0 Å². The predicted octanol–water partition coefficient (Wildman–Crippen LogP) is 2.19. The quantitative estimate of drug-likeness (QED) is 0.824. The third-order valence-corrected chi connectivity index (χ3v) is 2.46. The van der Waals surface area contributed by atoms with Crippen molar-refractivity contribution in [3.05, 3.63) is 47.7 Å². The number of hydrogen-bond acceptors (Lipinski definition) is 4. The highest BCUT2D eigenvalue weighted by atomic mass is 32.1. The number of nitrogens with zero attached hydrogens (tertiary/aromatic N) is 2. The number of pyridine rings is 1. The number of carbonyl (C=O) groups is 1. The average molecular weight is 231 g/mol. The first-order valence-corrected chi connectivity index (χ1v) is 5.51. The molecule has 0 atom stereocenters. The van der Waals surface area contributed by atoms with E-state index in [1.807, 2.05) is 12.1 Å². The largest absolute Gasteiger partial charge is 0.298 e. The Labute approximate surface area is 96.7 Å². The van der Waals surface area contributed by atoms with Crippen LogP contribution in [0.1, 0.15) is 5.56 Å². The standard InChI is InChI=1S/C11H9N3OS/c15-10(14-11-13-6-7-16-11)4-3-9-2-1-5-12-8-9/h1-8H,(H,13,14,15). The average Bonchev–Trinajstić information content (AvgIpc) is 2.81. The number of rotatable bonds is 3. The van der Waals surface area contributed by atoms with Crippen LogP contribution in [0.2, 0.25) is 0 Å². The molecule has 0 saturated heterocycles. The van der Waals surface area contributed by atoms with Crippen molar-refractivity contribution in [2.45, 2.75) is 0 Å². The number of nitrogens with one attached hydrogen (secondary N) is 1. The highest BCUT2D eigenvalue weighted by molar-refractivity contribution is 7.13. The van der Waals surface area contributed by atoms with Crippen molar-refractivity contribution in [2.24, 2.45) is 0 Å². The molecule has 4 nitrogen and oxygen atoms in total. The van der Waals surface area contributed by atoms with Gasteiger partial charge in [-0.15, -0.1) is 11.3 Å². The normalized spacial score (nSPS) is 10.5. The Morgan fingerprint density at radius 1 is 1.44 bits per heavy atom. The van der Waals surface area contributed by atoms with Gasteiger partial charge in [0.25, 0.3) is 0 Å². The molecule has 2 aromatic heterocycles. The molecule has 0 aliphatic rings. The molecule has 0 unspecified atom stereocenters. The Morgan fingerprint density at radius 2 is 2.38 bits per heavy atom. The first-order valence-electron chi connectivity index (χ1n) is 4.63. The lowest BCUT2D eigenvalue weighted by Crippen LogP contribution is -2.06. The maximum atomic E-state index is 11.4. The van der Waals surface area contributed by atoms with Crippen LogP contribution in [0.4, 0.5) is 5.13 Å². The summed E-state index contributed by atoms with van der Waals surface area (Å²) in [6, 6.07) is 3.69. The van der Waals surface area contributed by atoms with E-state index in [-0.39, 0.29) is 5.91 Å². The van der Waals surface area contributed by atoms with Crippen LogP contribution < -0.4 is 5.32 Å². The van der Waals surface area contributed by atoms with Crippen LogP contribution in [-0.2, 0) is 4.79 Å². The zero-order chi connectivity index (χ0) is 11.2. The molecule has 2 rings (SSSR count). The van der Waals surface area contributed by atoms with E-state index in [1.165, 1.54) is 17.4 Å². The van der Waals surface area contributed by atoms with Gasteiger partial charge in [-0.1, -0.05) is 6.07 Å². The summed E-state index contributed by atoms with van der Waals surface area (Å²) in [7, 11) is 0. The summed E-state index contributed by atoms with van der Waals surface area (Å²) in [4.78, 5) is 19.3. The van der Waals surface area contributed by atoms with E-state index < -0.39 is 0 Å². The first kappa shape index (κ1) is 10.5. The Hall–Kier alpha value is -2.01.